The summed E-state index contributed by atoms with van der Waals surface area (Å²) in [6.45, 7) is 2.68. The Balaban J connectivity index is 1.72. The average Bonchev–Trinajstić information content (AvgIpc) is 3.01. The lowest BCUT2D eigenvalue weighted by molar-refractivity contribution is -0.139. The number of aromatic amines is 1. The van der Waals surface area contributed by atoms with Gasteiger partial charge in [0.2, 0.25) is 5.91 Å². The van der Waals surface area contributed by atoms with E-state index in [0.29, 0.717) is 19.5 Å². The molecule has 7 heteroatoms. The van der Waals surface area contributed by atoms with Crippen LogP contribution in [0.5, 0.6) is 0 Å². The molecule has 0 bridgehead atoms. The number of nitrogens with zero attached hydrogens (tertiary/aromatic N) is 2. The Kier molecular flexibility index (Phi) is 4.34. The third kappa shape index (κ3) is 3.29. The van der Waals surface area contributed by atoms with Gasteiger partial charge in [-0.15, -0.1) is 0 Å². The van der Waals surface area contributed by atoms with Gasteiger partial charge in [-0.2, -0.15) is 18.3 Å². The van der Waals surface area contributed by atoms with Gasteiger partial charge in [-0.05, 0) is 17.5 Å². The van der Waals surface area contributed by atoms with Crippen molar-refractivity contribution in [1.82, 2.24) is 15.1 Å². The van der Waals surface area contributed by atoms with E-state index in [2.05, 4.69) is 10.2 Å². The lowest BCUT2D eigenvalue weighted by atomic mass is 9.92. The maximum absolute atomic E-state index is 13.1. The van der Waals surface area contributed by atoms with Crippen molar-refractivity contribution in [1.29, 1.82) is 0 Å². The molecule has 3 rings (SSSR count). The Bertz CT molecular complexity index is 739. The fourth-order valence-electron chi connectivity index (χ4n) is 3.12. The first-order valence-corrected chi connectivity index (χ1v) is 7.81. The quantitative estimate of drug-likeness (QED) is 0.932. The van der Waals surface area contributed by atoms with Gasteiger partial charge >= 0.3 is 6.18 Å². The number of hydrogen-bond donors (Lipinski definition) is 1. The van der Waals surface area contributed by atoms with Crippen molar-refractivity contribution in [2.45, 2.75) is 38.4 Å². The van der Waals surface area contributed by atoms with E-state index in [9.17, 15) is 18.0 Å². The SMILES string of the molecule is C[C@@H](CC(=O)N1CCc2[nH]ncc2C1)c1ccccc1C(F)(F)F. The summed E-state index contributed by atoms with van der Waals surface area (Å²) >= 11 is 0. The van der Waals surface area contributed by atoms with Gasteiger partial charge in [0.1, 0.15) is 0 Å². The van der Waals surface area contributed by atoms with E-state index >= 15 is 0 Å². The standard InChI is InChI=1S/C17H18F3N3O/c1-11(13-4-2-3-5-14(13)17(18,19)20)8-16(24)23-7-6-15-12(10-23)9-21-22-15/h2-5,9,11H,6-8,10H2,1H3,(H,21,22)/t11-/m0/s1. The van der Waals surface area contributed by atoms with Crippen LogP contribution in [0, 0.1) is 0 Å². The number of benzene rings is 1. The molecule has 128 valence electrons. The predicted octanol–water partition coefficient (Wildman–Crippen LogP) is 3.51. The number of fused-ring (bicyclic) bond motifs is 1. The van der Waals surface area contributed by atoms with Crippen LogP contribution in [-0.2, 0) is 23.9 Å². The topological polar surface area (TPSA) is 49.0 Å². The van der Waals surface area contributed by atoms with E-state index in [1.165, 1.54) is 12.1 Å². The Morgan fingerprint density at radius 2 is 2.12 bits per heavy atom. The summed E-state index contributed by atoms with van der Waals surface area (Å²) in [5.74, 6) is -0.632. The third-order valence-corrected chi connectivity index (χ3v) is 4.43. The van der Waals surface area contributed by atoms with E-state index in [-0.39, 0.29) is 17.9 Å². The van der Waals surface area contributed by atoms with Gasteiger partial charge in [0.15, 0.2) is 0 Å². The highest BCUT2D eigenvalue weighted by molar-refractivity contribution is 5.77. The van der Waals surface area contributed by atoms with E-state index in [1.54, 1.807) is 24.1 Å². The number of carbonyl (C=O) groups excluding carboxylic acids is 1. The van der Waals surface area contributed by atoms with Crippen LogP contribution in [0.4, 0.5) is 13.2 Å². The van der Waals surface area contributed by atoms with Crippen LogP contribution in [0.25, 0.3) is 0 Å². The predicted molar refractivity (Wildman–Crippen MR) is 82.2 cm³/mol. The van der Waals surface area contributed by atoms with Gasteiger partial charge in [0, 0.05) is 37.2 Å². The number of H-pyrrole nitrogens is 1. The fraction of sp³-hybridized carbons (Fsp3) is 0.412. The maximum Gasteiger partial charge on any atom is 0.416 e. The molecule has 0 saturated heterocycles. The minimum atomic E-state index is -4.41. The molecule has 2 aromatic rings. The molecule has 0 fully saturated rings. The van der Waals surface area contributed by atoms with Crippen LogP contribution in [0.1, 0.15) is 41.6 Å². The molecular formula is C17H18F3N3O. The molecule has 0 saturated carbocycles. The van der Waals surface area contributed by atoms with E-state index in [0.717, 1.165) is 17.3 Å². The van der Waals surface area contributed by atoms with Crippen molar-refractivity contribution in [3.05, 3.63) is 52.8 Å². The molecule has 1 aromatic heterocycles. The van der Waals surface area contributed by atoms with Crippen LogP contribution in [0.3, 0.4) is 0 Å². The number of aromatic nitrogens is 2. The second-order valence-corrected chi connectivity index (χ2v) is 6.13. The van der Waals surface area contributed by atoms with Crippen molar-refractivity contribution >= 4 is 5.91 Å². The molecule has 4 nitrogen and oxygen atoms in total. The molecule has 1 amide bonds. The van der Waals surface area contributed by atoms with Gasteiger partial charge in [-0.3, -0.25) is 9.89 Å². The average molecular weight is 337 g/mol. The largest absolute Gasteiger partial charge is 0.416 e. The Hall–Kier alpha value is -2.31. The Morgan fingerprint density at radius 1 is 1.38 bits per heavy atom. The number of alkyl halides is 3. The lowest BCUT2D eigenvalue weighted by Crippen LogP contribution is -2.36. The van der Waals surface area contributed by atoms with Crippen LogP contribution in [0.15, 0.2) is 30.5 Å². The highest BCUT2D eigenvalue weighted by Crippen LogP contribution is 2.36. The number of rotatable bonds is 3. The summed E-state index contributed by atoms with van der Waals surface area (Å²) < 4.78 is 39.4. The zero-order chi connectivity index (χ0) is 17.3. The number of nitrogens with one attached hydrogen (secondary N) is 1. The highest BCUT2D eigenvalue weighted by Gasteiger charge is 2.34. The molecule has 1 aliphatic heterocycles. The minimum Gasteiger partial charge on any atom is -0.338 e. The second-order valence-electron chi connectivity index (χ2n) is 6.13. The van der Waals surface area contributed by atoms with Crippen LogP contribution >= 0.6 is 0 Å². The van der Waals surface area contributed by atoms with Crippen molar-refractivity contribution < 1.29 is 18.0 Å². The molecule has 1 atom stereocenters. The molecule has 0 aliphatic carbocycles. The number of hydrogen-bond acceptors (Lipinski definition) is 2. The molecule has 1 N–H and O–H groups in total. The second kappa shape index (κ2) is 6.30. The fourth-order valence-corrected chi connectivity index (χ4v) is 3.12. The zero-order valence-corrected chi connectivity index (χ0v) is 13.2. The first-order valence-electron chi connectivity index (χ1n) is 7.81. The van der Waals surface area contributed by atoms with Crippen molar-refractivity contribution in [2.75, 3.05) is 6.54 Å². The molecule has 2 heterocycles. The van der Waals surface area contributed by atoms with Gasteiger partial charge in [0.25, 0.3) is 0 Å². The number of halogens is 3. The van der Waals surface area contributed by atoms with Crippen molar-refractivity contribution in [3.8, 4) is 0 Å². The first kappa shape index (κ1) is 16.5. The first-order chi connectivity index (χ1) is 11.4. The zero-order valence-electron chi connectivity index (χ0n) is 13.2. The third-order valence-electron chi connectivity index (χ3n) is 4.43. The Morgan fingerprint density at radius 3 is 2.88 bits per heavy atom. The molecule has 24 heavy (non-hydrogen) atoms. The molecule has 1 aromatic carbocycles. The van der Waals surface area contributed by atoms with E-state index in [1.807, 2.05) is 0 Å². The molecule has 1 aliphatic rings. The van der Waals surface area contributed by atoms with Gasteiger partial charge in [0.05, 0.1) is 11.8 Å². The summed E-state index contributed by atoms with van der Waals surface area (Å²) in [6, 6.07) is 5.45. The van der Waals surface area contributed by atoms with Crippen LogP contribution < -0.4 is 0 Å². The van der Waals surface area contributed by atoms with Crippen molar-refractivity contribution in [2.24, 2.45) is 0 Å². The Labute approximate surface area is 137 Å². The number of carbonyl (C=O) groups is 1. The summed E-state index contributed by atoms with van der Waals surface area (Å²) in [4.78, 5) is 14.2. The van der Waals surface area contributed by atoms with Crippen LogP contribution in [-0.4, -0.2) is 27.5 Å². The molecular weight excluding hydrogens is 319 g/mol. The number of amides is 1. The van der Waals surface area contributed by atoms with E-state index in [4.69, 9.17) is 0 Å². The summed E-state index contributed by atoms with van der Waals surface area (Å²) in [6.07, 6.45) is -1.98. The smallest absolute Gasteiger partial charge is 0.338 e. The summed E-state index contributed by atoms with van der Waals surface area (Å²) in [7, 11) is 0. The molecule has 0 radical (unpaired) electrons. The highest BCUT2D eigenvalue weighted by atomic mass is 19.4. The maximum atomic E-state index is 13.1. The van der Waals surface area contributed by atoms with E-state index < -0.39 is 17.7 Å². The summed E-state index contributed by atoms with van der Waals surface area (Å²) in [5.41, 5.74) is 1.49. The summed E-state index contributed by atoms with van der Waals surface area (Å²) in [5, 5.41) is 6.85. The lowest BCUT2D eigenvalue weighted by Gasteiger charge is -2.28. The van der Waals surface area contributed by atoms with Gasteiger partial charge in [-0.1, -0.05) is 25.1 Å². The van der Waals surface area contributed by atoms with Crippen molar-refractivity contribution in [3.63, 3.8) is 0 Å². The molecule has 0 unspecified atom stereocenters. The normalized spacial score (nSPS) is 15.9. The van der Waals surface area contributed by atoms with Crippen LogP contribution in [0.2, 0.25) is 0 Å². The minimum absolute atomic E-state index is 0.0558. The van der Waals surface area contributed by atoms with Gasteiger partial charge < -0.3 is 4.90 Å². The monoisotopic (exact) mass is 337 g/mol. The van der Waals surface area contributed by atoms with Gasteiger partial charge in [-0.25, -0.2) is 0 Å². The molecule has 0 spiro atoms.